The molecule has 0 saturated carbocycles. The molecule has 1 aromatic carbocycles. The van der Waals surface area contributed by atoms with Gasteiger partial charge in [-0.05, 0) is 37.1 Å². The summed E-state index contributed by atoms with van der Waals surface area (Å²) in [6.45, 7) is 3.54. The number of carbonyl (C=O) groups is 2. The van der Waals surface area contributed by atoms with Gasteiger partial charge >= 0.3 is 5.97 Å². The minimum Gasteiger partial charge on any atom is -0.497 e. The average Bonchev–Trinajstić information content (AvgIpc) is 3.12. The van der Waals surface area contributed by atoms with Gasteiger partial charge in [0.15, 0.2) is 0 Å². The number of ether oxygens (including phenoxy) is 1. The number of aliphatic carboxylic acids is 1. The predicted octanol–water partition coefficient (Wildman–Crippen LogP) is 2.21. The number of rotatable bonds is 10. The predicted molar refractivity (Wildman–Crippen MR) is 93.6 cm³/mol. The molecule has 0 saturated heterocycles. The number of methoxy groups -OCH3 is 1. The summed E-state index contributed by atoms with van der Waals surface area (Å²) in [5.41, 5.74) is 0.764. The van der Waals surface area contributed by atoms with Crippen molar-refractivity contribution in [3.63, 3.8) is 0 Å². The van der Waals surface area contributed by atoms with Crippen molar-refractivity contribution in [2.45, 2.75) is 31.7 Å². The fourth-order valence-corrected chi connectivity index (χ4v) is 2.24. The average molecular weight is 359 g/mol. The van der Waals surface area contributed by atoms with Crippen LogP contribution in [0.5, 0.6) is 5.75 Å². The van der Waals surface area contributed by atoms with E-state index in [1.165, 1.54) is 0 Å². The number of nitrogens with one attached hydrogen (secondary N) is 1. The number of nitrogens with zero attached hydrogens (tertiary/aromatic N) is 2. The van der Waals surface area contributed by atoms with Crippen molar-refractivity contribution in [2.24, 2.45) is 0 Å². The van der Waals surface area contributed by atoms with E-state index >= 15 is 0 Å². The first-order chi connectivity index (χ1) is 12.5. The molecular formula is C18H21N3O5. The van der Waals surface area contributed by atoms with E-state index in [9.17, 15) is 9.59 Å². The molecule has 1 unspecified atom stereocenters. The first-order valence-electron chi connectivity index (χ1n) is 8.13. The van der Waals surface area contributed by atoms with Crippen LogP contribution < -0.4 is 10.1 Å². The number of benzene rings is 1. The summed E-state index contributed by atoms with van der Waals surface area (Å²) in [5, 5.41) is 15.5. The van der Waals surface area contributed by atoms with Crippen LogP contribution in [0.25, 0.3) is 11.4 Å². The van der Waals surface area contributed by atoms with Crippen LogP contribution in [0.4, 0.5) is 0 Å². The summed E-state index contributed by atoms with van der Waals surface area (Å²) < 4.78 is 10.2. The third-order valence-corrected chi connectivity index (χ3v) is 3.68. The number of carboxylic acid groups (broad SMARTS) is 1. The molecule has 0 aliphatic carbocycles. The fourth-order valence-electron chi connectivity index (χ4n) is 2.24. The van der Waals surface area contributed by atoms with Gasteiger partial charge in [0.2, 0.25) is 17.6 Å². The number of aromatic nitrogens is 2. The standard InChI is InChI=1S/C18H21N3O5/c1-3-4-5-14(18(23)24)19-15(22)10-11-16-20-17(21-26-16)12-6-8-13(25-2)9-7-12/h3,6-9,14H,1,4-5,10-11H2,2H3,(H,19,22)(H,23,24). The quantitative estimate of drug-likeness (QED) is 0.625. The van der Waals surface area contributed by atoms with E-state index in [1.54, 1.807) is 37.5 Å². The Labute approximate surface area is 150 Å². The molecule has 0 bridgehead atoms. The number of amides is 1. The van der Waals surface area contributed by atoms with Crippen molar-refractivity contribution in [2.75, 3.05) is 7.11 Å². The minimum atomic E-state index is -1.07. The molecule has 1 amide bonds. The van der Waals surface area contributed by atoms with Crippen LogP contribution in [-0.4, -0.2) is 40.3 Å². The molecule has 8 nitrogen and oxygen atoms in total. The molecule has 8 heteroatoms. The second kappa shape index (κ2) is 9.36. The Hall–Kier alpha value is -3.16. The summed E-state index contributed by atoms with van der Waals surface area (Å²) in [6, 6.07) is 6.24. The number of carboxylic acids is 1. The molecule has 1 atom stereocenters. The zero-order valence-corrected chi connectivity index (χ0v) is 14.5. The highest BCUT2D eigenvalue weighted by Crippen LogP contribution is 2.20. The van der Waals surface area contributed by atoms with Gasteiger partial charge in [0, 0.05) is 18.4 Å². The van der Waals surface area contributed by atoms with E-state index in [0.717, 1.165) is 11.3 Å². The molecule has 0 aliphatic heterocycles. The Morgan fingerprint density at radius 1 is 1.38 bits per heavy atom. The molecule has 2 N–H and O–H groups in total. The molecule has 1 aromatic heterocycles. The number of allylic oxidation sites excluding steroid dienone is 1. The monoisotopic (exact) mass is 359 g/mol. The number of hydrogen-bond acceptors (Lipinski definition) is 6. The molecule has 0 radical (unpaired) electrons. The van der Waals surface area contributed by atoms with Gasteiger partial charge in [0.1, 0.15) is 11.8 Å². The SMILES string of the molecule is C=CCCC(NC(=O)CCc1nc(-c2ccc(OC)cc2)no1)C(=O)O. The second-order valence-electron chi connectivity index (χ2n) is 5.56. The highest BCUT2D eigenvalue weighted by Gasteiger charge is 2.19. The minimum absolute atomic E-state index is 0.0577. The van der Waals surface area contributed by atoms with Crippen molar-refractivity contribution < 1.29 is 24.0 Å². The van der Waals surface area contributed by atoms with Crippen molar-refractivity contribution in [3.05, 3.63) is 42.8 Å². The Kier molecular flexibility index (Phi) is 6.90. The molecule has 0 aliphatic rings. The van der Waals surface area contributed by atoms with E-state index in [-0.39, 0.29) is 18.7 Å². The van der Waals surface area contributed by atoms with Crippen LogP contribution in [0.1, 0.15) is 25.2 Å². The molecule has 2 aromatic rings. The van der Waals surface area contributed by atoms with Crippen LogP contribution in [0, 0.1) is 0 Å². The molecule has 2 rings (SSSR count). The van der Waals surface area contributed by atoms with Gasteiger partial charge in [-0.25, -0.2) is 4.79 Å². The number of aryl methyl sites for hydroxylation is 1. The lowest BCUT2D eigenvalue weighted by Crippen LogP contribution is -2.40. The van der Waals surface area contributed by atoms with Gasteiger partial charge in [-0.15, -0.1) is 6.58 Å². The maximum Gasteiger partial charge on any atom is 0.326 e. The van der Waals surface area contributed by atoms with Gasteiger partial charge in [-0.2, -0.15) is 4.98 Å². The zero-order chi connectivity index (χ0) is 18.9. The molecule has 138 valence electrons. The molecule has 0 fully saturated rings. The van der Waals surface area contributed by atoms with Crippen LogP contribution in [0.2, 0.25) is 0 Å². The maximum atomic E-state index is 11.9. The highest BCUT2D eigenvalue weighted by atomic mass is 16.5. The van der Waals surface area contributed by atoms with Crippen molar-refractivity contribution >= 4 is 11.9 Å². The Bertz CT molecular complexity index is 754. The second-order valence-corrected chi connectivity index (χ2v) is 5.56. The van der Waals surface area contributed by atoms with Crippen molar-refractivity contribution in [3.8, 4) is 17.1 Å². The maximum absolute atomic E-state index is 11.9. The van der Waals surface area contributed by atoms with Crippen molar-refractivity contribution in [1.29, 1.82) is 0 Å². The van der Waals surface area contributed by atoms with E-state index in [2.05, 4.69) is 22.0 Å². The molecule has 0 spiro atoms. The molecule has 26 heavy (non-hydrogen) atoms. The lowest BCUT2D eigenvalue weighted by atomic mass is 10.1. The largest absolute Gasteiger partial charge is 0.497 e. The molecular weight excluding hydrogens is 338 g/mol. The zero-order valence-electron chi connectivity index (χ0n) is 14.5. The van der Waals surface area contributed by atoms with Gasteiger partial charge in [-0.3, -0.25) is 4.79 Å². The van der Waals surface area contributed by atoms with E-state index in [4.69, 9.17) is 14.4 Å². The van der Waals surface area contributed by atoms with Crippen molar-refractivity contribution in [1.82, 2.24) is 15.5 Å². The van der Waals surface area contributed by atoms with Crippen LogP contribution in [0.3, 0.4) is 0 Å². The third kappa shape index (κ3) is 5.44. The summed E-state index contributed by atoms with van der Waals surface area (Å²) in [5.74, 6) is -0.00888. The van der Waals surface area contributed by atoms with Gasteiger partial charge < -0.3 is 19.7 Å². The smallest absolute Gasteiger partial charge is 0.326 e. The summed E-state index contributed by atoms with van der Waals surface area (Å²) in [4.78, 5) is 27.3. The topological polar surface area (TPSA) is 115 Å². The van der Waals surface area contributed by atoms with Crippen LogP contribution in [0.15, 0.2) is 41.4 Å². The summed E-state index contributed by atoms with van der Waals surface area (Å²) in [7, 11) is 1.58. The molecule has 1 heterocycles. The lowest BCUT2D eigenvalue weighted by Gasteiger charge is -2.12. The van der Waals surface area contributed by atoms with Gasteiger partial charge in [0.05, 0.1) is 7.11 Å². The highest BCUT2D eigenvalue weighted by molar-refractivity contribution is 5.83. The lowest BCUT2D eigenvalue weighted by molar-refractivity contribution is -0.142. The normalized spacial score (nSPS) is 11.6. The van der Waals surface area contributed by atoms with Crippen LogP contribution >= 0.6 is 0 Å². The van der Waals surface area contributed by atoms with Gasteiger partial charge in [-0.1, -0.05) is 11.2 Å². The van der Waals surface area contributed by atoms with E-state index in [1.807, 2.05) is 0 Å². The van der Waals surface area contributed by atoms with Crippen LogP contribution in [-0.2, 0) is 16.0 Å². The number of hydrogen-bond donors (Lipinski definition) is 2. The Morgan fingerprint density at radius 2 is 2.12 bits per heavy atom. The Balaban J connectivity index is 1.89. The van der Waals surface area contributed by atoms with Gasteiger partial charge in [0.25, 0.3) is 0 Å². The first kappa shape index (κ1) is 19.2. The van der Waals surface area contributed by atoms with E-state index in [0.29, 0.717) is 24.6 Å². The number of carbonyl (C=O) groups excluding carboxylic acids is 1. The fraction of sp³-hybridized carbons (Fsp3) is 0.333. The summed E-state index contributed by atoms with van der Waals surface area (Å²) >= 11 is 0. The van der Waals surface area contributed by atoms with E-state index < -0.39 is 12.0 Å². The Morgan fingerprint density at radius 3 is 2.73 bits per heavy atom. The third-order valence-electron chi connectivity index (χ3n) is 3.68. The first-order valence-corrected chi connectivity index (χ1v) is 8.13. The summed E-state index contributed by atoms with van der Waals surface area (Å²) in [6.07, 6.45) is 2.70.